The number of aliphatic carboxylic acids is 1. The fourth-order valence-electron chi connectivity index (χ4n) is 3.10. The van der Waals surface area contributed by atoms with E-state index in [-0.39, 0.29) is 11.7 Å². The zero-order chi connectivity index (χ0) is 14.3. The van der Waals surface area contributed by atoms with Crippen molar-refractivity contribution in [2.75, 3.05) is 0 Å². The molecule has 1 aliphatic carbocycles. The van der Waals surface area contributed by atoms with E-state index in [1.165, 1.54) is 12.1 Å². The van der Waals surface area contributed by atoms with E-state index in [0.717, 1.165) is 12.8 Å². The summed E-state index contributed by atoms with van der Waals surface area (Å²) in [5, 5.41) is 9.35. The van der Waals surface area contributed by atoms with Crippen molar-refractivity contribution in [2.24, 2.45) is 11.8 Å². The van der Waals surface area contributed by atoms with Crippen molar-refractivity contribution in [1.82, 2.24) is 4.98 Å². The molecule has 5 heteroatoms. The third kappa shape index (κ3) is 2.17. The van der Waals surface area contributed by atoms with E-state index < -0.39 is 11.9 Å². The van der Waals surface area contributed by atoms with E-state index in [4.69, 9.17) is 4.42 Å². The lowest BCUT2D eigenvalue weighted by Gasteiger charge is -2.10. The second kappa shape index (κ2) is 4.89. The molecule has 1 aromatic carbocycles. The van der Waals surface area contributed by atoms with E-state index in [0.29, 0.717) is 29.3 Å². The highest BCUT2D eigenvalue weighted by Gasteiger charge is 2.41. The van der Waals surface area contributed by atoms with Crippen molar-refractivity contribution in [3.05, 3.63) is 29.9 Å². The third-order valence-corrected chi connectivity index (χ3v) is 4.24. The average molecular weight is 277 g/mol. The minimum atomic E-state index is -0.806. The number of carboxylic acids is 1. The molecule has 1 saturated carbocycles. The van der Waals surface area contributed by atoms with Gasteiger partial charge in [-0.25, -0.2) is 9.37 Å². The predicted molar refractivity (Wildman–Crippen MR) is 70.8 cm³/mol. The fraction of sp³-hybridized carbons (Fsp3) is 0.467. The number of nitrogens with zero attached hydrogens (tertiary/aromatic N) is 1. The summed E-state index contributed by atoms with van der Waals surface area (Å²) in [6.07, 6.45) is 2.38. The number of fused-ring (bicyclic) bond motifs is 1. The summed E-state index contributed by atoms with van der Waals surface area (Å²) in [4.78, 5) is 15.7. The van der Waals surface area contributed by atoms with Crippen LogP contribution in [0.2, 0.25) is 0 Å². The van der Waals surface area contributed by atoms with E-state index in [1.54, 1.807) is 6.07 Å². The highest BCUT2D eigenvalue weighted by Crippen LogP contribution is 2.44. The number of halogens is 1. The van der Waals surface area contributed by atoms with Crippen LogP contribution in [0.3, 0.4) is 0 Å². The van der Waals surface area contributed by atoms with Gasteiger partial charge in [-0.3, -0.25) is 4.79 Å². The van der Waals surface area contributed by atoms with Gasteiger partial charge in [0, 0.05) is 12.0 Å². The Bertz CT molecular complexity index is 652. The Labute approximate surface area is 115 Å². The van der Waals surface area contributed by atoms with Gasteiger partial charge in [0.1, 0.15) is 11.3 Å². The van der Waals surface area contributed by atoms with Gasteiger partial charge in [-0.15, -0.1) is 0 Å². The van der Waals surface area contributed by atoms with Gasteiger partial charge in [0.25, 0.3) is 0 Å². The van der Waals surface area contributed by atoms with Crippen molar-refractivity contribution >= 4 is 17.1 Å². The molecule has 1 fully saturated rings. The van der Waals surface area contributed by atoms with Crippen LogP contribution in [-0.4, -0.2) is 16.1 Å². The molecule has 4 nitrogen and oxygen atoms in total. The lowest BCUT2D eigenvalue weighted by molar-refractivity contribution is -0.142. The zero-order valence-corrected chi connectivity index (χ0v) is 11.2. The molecule has 0 saturated heterocycles. The molecule has 1 aromatic heterocycles. The van der Waals surface area contributed by atoms with Crippen molar-refractivity contribution in [2.45, 2.75) is 32.1 Å². The van der Waals surface area contributed by atoms with Gasteiger partial charge in [-0.2, -0.15) is 0 Å². The summed E-state index contributed by atoms with van der Waals surface area (Å²) in [6.45, 7) is 2.06. The highest BCUT2D eigenvalue weighted by atomic mass is 19.1. The lowest BCUT2D eigenvalue weighted by Crippen LogP contribution is -2.17. The third-order valence-electron chi connectivity index (χ3n) is 4.24. The number of hydrogen-bond acceptors (Lipinski definition) is 3. The van der Waals surface area contributed by atoms with Gasteiger partial charge in [0.05, 0.1) is 5.92 Å². The molecule has 0 spiro atoms. The first-order chi connectivity index (χ1) is 9.58. The summed E-state index contributed by atoms with van der Waals surface area (Å²) < 4.78 is 18.8. The molecule has 0 bridgehead atoms. The number of benzene rings is 1. The molecule has 3 atom stereocenters. The topological polar surface area (TPSA) is 63.3 Å². The van der Waals surface area contributed by atoms with Crippen LogP contribution in [0, 0.1) is 17.7 Å². The van der Waals surface area contributed by atoms with Crippen molar-refractivity contribution in [3.63, 3.8) is 0 Å². The van der Waals surface area contributed by atoms with Crippen molar-refractivity contribution in [3.8, 4) is 0 Å². The molecule has 2 aromatic rings. The smallest absolute Gasteiger partial charge is 0.307 e. The maximum atomic E-state index is 13.2. The van der Waals surface area contributed by atoms with Crippen LogP contribution >= 0.6 is 0 Å². The average Bonchev–Trinajstić information content (AvgIpc) is 3.00. The first-order valence-electron chi connectivity index (χ1n) is 6.87. The number of oxazole rings is 1. The van der Waals surface area contributed by atoms with Crippen LogP contribution in [0.15, 0.2) is 22.6 Å². The molecule has 106 valence electrons. The van der Waals surface area contributed by atoms with Crippen LogP contribution in [0.25, 0.3) is 11.1 Å². The number of carbonyl (C=O) groups is 1. The summed E-state index contributed by atoms with van der Waals surface area (Å²) in [7, 11) is 0. The summed E-state index contributed by atoms with van der Waals surface area (Å²) in [5.41, 5.74) is 0.953. The Balaban J connectivity index is 1.98. The fourth-order valence-corrected chi connectivity index (χ4v) is 3.10. The molecular formula is C15H16FNO3. The maximum absolute atomic E-state index is 13.2. The maximum Gasteiger partial charge on any atom is 0.307 e. The number of hydrogen-bond donors (Lipinski definition) is 1. The Morgan fingerprint density at radius 2 is 2.30 bits per heavy atom. The van der Waals surface area contributed by atoms with Gasteiger partial charge in [0.2, 0.25) is 0 Å². The normalized spacial score (nSPS) is 26.2. The molecule has 0 radical (unpaired) electrons. The van der Waals surface area contributed by atoms with Gasteiger partial charge < -0.3 is 9.52 Å². The van der Waals surface area contributed by atoms with Crippen molar-refractivity contribution in [1.29, 1.82) is 0 Å². The Morgan fingerprint density at radius 1 is 1.50 bits per heavy atom. The van der Waals surface area contributed by atoms with Crippen LogP contribution in [0.1, 0.15) is 38.0 Å². The van der Waals surface area contributed by atoms with E-state index >= 15 is 0 Å². The second-order valence-corrected chi connectivity index (χ2v) is 5.46. The number of carboxylic acid groups (broad SMARTS) is 1. The summed E-state index contributed by atoms with van der Waals surface area (Å²) in [5.74, 6) is -1.06. The van der Waals surface area contributed by atoms with E-state index in [9.17, 15) is 14.3 Å². The Kier molecular flexibility index (Phi) is 3.20. The lowest BCUT2D eigenvalue weighted by atomic mass is 9.96. The minimum Gasteiger partial charge on any atom is -0.481 e. The largest absolute Gasteiger partial charge is 0.481 e. The molecule has 1 N–H and O–H groups in total. The Morgan fingerprint density at radius 3 is 3.00 bits per heavy atom. The SMILES string of the molecule is CCC1CC(C(=O)O)C(c2nc3ccc(F)cc3o2)C1. The standard InChI is InChI=1S/C15H16FNO3/c1-2-8-5-10(11(6-8)15(18)19)14-17-12-4-3-9(16)7-13(12)20-14/h3-4,7-8,10-11H,2,5-6H2,1H3,(H,18,19). The molecule has 0 aliphatic heterocycles. The van der Waals surface area contributed by atoms with Gasteiger partial charge in [-0.1, -0.05) is 13.3 Å². The van der Waals surface area contributed by atoms with E-state index in [1.807, 2.05) is 0 Å². The number of rotatable bonds is 3. The van der Waals surface area contributed by atoms with Crippen LogP contribution in [0.5, 0.6) is 0 Å². The van der Waals surface area contributed by atoms with Crippen LogP contribution in [0.4, 0.5) is 4.39 Å². The first-order valence-corrected chi connectivity index (χ1v) is 6.87. The van der Waals surface area contributed by atoms with E-state index in [2.05, 4.69) is 11.9 Å². The quantitative estimate of drug-likeness (QED) is 0.931. The highest BCUT2D eigenvalue weighted by molar-refractivity contribution is 5.74. The van der Waals surface area contributed by atoms with Crippen LogP contribution in [-0.2, 0) is 4.79 Å². The first kappa shape index (κ1) is 13.1. The second-order valence-electron chi connectivity index (χ2n) is 5.46. The molecule has 1 aliphatic rings. The molecule has 0 amide bonds. The minimum absolute atomic E-state index is 0.215. The van der Waals surface area contributed by atoms with Gasteiger partial charge in [0.15, 0.2) is 11.5 Å². The summed E-state index contributed by atoms with van der Waals surface area (Å²) in [6, 6.07) is 4.17. The molecule has 20 heavy (non-hydrogen) atoms. The molecule has 1 heterocycles. The van der Waals surface area contributed by atoms with Gasteiger partial charge in [-0.05, 0) is 30.9 Å². The number of aromatic nitrogens is 1. The Hall–Kier alpha value is -1.91. The summed E-state index contributed by atoms with van der Waals surface area (Å²) >= 11 is 0. The van der Waals surface area contributed by atoms with Crippen molar-refractivity contribution < 1.29 is 18.7 Å². The molecule has 3 unspecified atom stereocenters. The van der Waals surface area contributed by atoms with Gasteiger partial charge >= 0.3 is 5.97 Å². The molecular weight excluding hydrogens is 261 g/mol. The monoisotopic (exact) mass is 277 g/mol. The molecule has 3 rings (SSSR count). The predicted octanol–water partition coefficient (Wildman–Crippen LogP) is 3.57. The zero-order valence-electron chi connectivity index (χ0n) is 11.2. The van der Waals surface area contributed by atoms with Crippen LogP contribution < -0.4 is 0 Å².